The highest BCUT2D eigenvalue weighted by Crippen LogP contribution is 2.15. The quantitative estimate of drug-likeness (QED) is 0.857. The molecule has 0 aliphatic heterocycles. The number of nitrogens with one attached hydrogen (secondary N) is 1. The van der Waals surface area contributed by atoms with Gasteiger partial charge in [-0.3, -0.25) is 9.78 Å². The van der Waals surface area contributed by atoms with Crippen LogP contribution < -0.4 is 5.32 Å². The summed E-state index contributed by atoms with van der Waals surface area (Å²) >= 11 is 0. The lowest BCUT2D eigenvalue weighted by atomic mass is 9.97. The lowest BCUT2D eigenvalue weighted by molar-refractivity contribution is -0.122. The van der Waals surface area contributed by atoms with Crippen LogP contribution in [0.2, 0.25) is 0 Å². The summed E-state index contributed by atoms with van der Waals surface area (Å²) in [7, 11) is 0. The molecule has 0 aliphatic carbocycles. The van der Waals surface area contributed by atoms with Crippen molar-refractivity contribution in [1.82, 2.24) is 10.3 Å². The van der Waals surface area contributed by atoms with Crippen LogP contribution in [0.25, 0.3) is 10.9 Å². The SMILES string of the molecule is CCCC(C)(CO)NC(=O)Cc1cnc2ccccc2c1. The molecule has 1 heterocycles. The number of hydrogen-bond donors (Lipinski definition) is 2. The summed E-state index contributed by atoms with van der Waals surface area (Å²) in [5.74, 6) is -0.0860. The maximum Gasteiger partial charge on any atom is 0.224 e. The monoisotopic (exact) mass is 286 g/mol. The fraction of sp³-hybridized carbons (Fsp3) is 0.412. The number of rotatable bonds is 6. The number of benzene rings is 1. The number of amides is 1. The number of nitrogens with zero attached hydrogens (tertiary/aromatic N) is 1. The highest BCUT2D eigenvalue weighted by Gasteiger charge is 2.24. The van der Waals surface area contributed by atoms with Crippen molar-refractivity contribution in [2.45, 2.75) is 38.6 Å². The summed E-state index contributed by atoms with van der Waals surface area (Å²) in [6.07, 6.45) is 3.68. The van der Waals surface area contributed by atoms with E-state index < -0.39 is 5.54 Å². The number of pyridine rings is 1. The van der Waals surface area contributed by atoms with Gasteiger partial charge in [-0.15, -0.1) is 0 Å². The van der Waals surface area contributed by atoms with Crippen molar-refractivity contribution in [3.63, 3.8) is 0 Å². The summed E-state index contributed by atoms with van der Waals surface area (Å²) in [6.45, 7) is 3.85. The molecule has 1 atom stereocenters. The first-order chi connectivity index (χ1) is 10.1. The summed E-state index contributed by atoms with van der Waals surface area (Å²) in [6, 6.07) is 9.82. The van der Waals surface area contributed by atoms with Crippen molar-refractivity contribution in [2.75, 3.05) is 6.61 Å². The second-order valence-corrected chi connectivity index (χ2v) is 5.73. The molecule has 1 aromatic heterocycles. The highest BCUT2D eigenvalue weighted by molar-refractivity contribution is 5.83. The number of aromatic nitrogens is 1. The average molecular weight is 286 g/mol. The standard InChI is InChI=1S/C17H22N2O2/c1-3-8-17(2,12-20)19-16(21)10-13-9-14-6-4-5-7-15(14)18-11-13/h4-7,9,11,20H,3,8,10,12H2,1-2H3,(H,19,21). The third kappa shape index (κ3) is 4.02. The maximum absolute atomic E-state index is 12.1. The van der Waals surface area contributed by atoms with Crippen LogP contribution in [0.15, 0.2) is 36.5 Å². The molecule has 0 bridgehead atoms. The molecule has 4 nitrogen and oxygen atoms in total. The first-order valence-corrected chi connectivity index (χ1v) is 7.32. The Balaban J connectivity index is 2.07. The molecule has 1 unspecified atom stereocenters. The zero-order chi connectivity index (χ0) is 15.3. The van der Waals surface area contributed by atoms with Gasteiger partial charge in [0.1, 0.15) is 0 Å². The predicted molar refractivity (Wildman–Crippen MR) is 84.0 cm³/mol. The third-order valence-corrected chi connectivity index (χ3v) is 3.60. The molecule has 2 rings (SSSR count). The fourth-order valence-electron chi connectivity index (χ4n) is 2.51. The molecule has 1 amide bonds. The Bertz CT molecular complexity index is 627. The fourth-order valence-corrected chi connectivity index (χ4v) is 2.51. The van der Waals surface area contributed by atoms with Crippen molar-refractivity contribution in [1.29, 1.82) is 0 Å². The van der Waals surface area contributed by atoms with Crippen LogP contribution in [-0.4, -0.2) is 28.1 Å². The second-order valence-electron chi connectivity index (χ2n) is 5.73. The minimum Gasteiger partial charge on any atom is -0.394 e. The summed E-state index contributed by atoms with van der Waals surface area (Å²) in [5, 5.41) is 13.4. The van der Waals surface area contributed by atoms with E-state index in [2.05, 4.69) is 10.3 Å². The molecule has 4 heteroatoms. The minimum atomic E-state index is -0.546. The molecule has 0 spiro atoms. The summed E-state index contributed by atoms with van der Waals surface area (Å²) in [4.78, 5) is 16.5. The van der Waals surface area contributed by atoms with E-state index in [9.17, 15) is 9.90 Å². The molecule has 2 aromatic rings. The zero-order valence-corrected chi connectivity index (χ0v) is 12.6. The van der Waals surface area contributed by atoms with Crippen LogP contribution >= 0.6 is 0 Å². The van der Waals surface area contributed by atoms with Crippen LogP contribution in [0.5, 0.6) is 0 Å². The van der Waals surface area contributed by atoms with Gasteiger partial charge in [0.05, 0.1) is 24.1 Å². The molecule has 2 N–H and O–H groups in total. The van der Waals surface area contributed by atoms with E-state index in [0.29, 0.717) is 0 Å². The minimum absolute atomic E-state index is 0.0530. The lowest BCUT2D eigenvalue weighted by Gasteiger charge is -2.28. The Morgan fingerprint density at radius 1 is 1.38 bits per heavy atom. The van der Waals surface area contributed by atoms with Crippen LogP contribution in [0.4, 0.5) is 0 Å². The summed E-state index contributed by atoms with van der Waals surface area (Å²) < 4.78 is 0. The Labute approximate surface area is 125 Å². The van der Waals surface area contributed by atoms with Crippen LogP contribution in [0, 0.1) is 0 Å². The molecular formula is C17H22N2O2. The molecule has 112 valence electrons. The van der Waals surface area contributed by atoms with Gasteiger partial charge < -0.3 is 10.4 Å². The number of para-hydroxylation sites is 1. The van der Waals surface area contributed by atoms with E-state index in [1.54, 1.807) is 6.20 Å². The van der Waals surface area contributed by atoms with Crippen molar-refractivity contribution >= 4 is 16.8 Å². The average Bonchev–Trinajstić information content (AvgIpc) is 2.47. The zero-order valence-electron chi connectivity index (χ0n) is 12.6. The van der Waals surface area contributed by atoms with Crippen molar-refractivity contribution in [3.05, 3.63) is 42.1 Å². The first-order valence-electron chi connectivity index (χ1n) is 7.32. The number of carbonyl (C=O) groups is 1. The van der Waals surface area contributed by atoms with Crippen LogP contribution in [0.1, 0.15) is 32.3 Å². The Hall–Kier alpha value is -1.94. The molecule has 21 heavy (non-hydrogen) atoms. The third-order valence-electron chi connectivity index (χ3n) is 3.60. The number of hydrogen-bond acceptors (Lipinski definition) is 3. The number of carbonyl (C=O) groups excluding carboxylic acids is 1. The Kier molecular flexibility index (Phi) is 4.91. The van der Waals surface area contributed by atoms with E-state index in [1.807, 2.05) is 44.2 Å². The van der Waals surface area contributed by atoms with Crippen molar-refractivity contribution in [2.24, 2.45) is 0 Å². The Morgan fingerprint density at radius 3 is 2.86 bits per heavy atom. The van der Waals surface area contributed by atoms with Gasteiger partial charge in [0.2, 0.25) is 5.91 Å². The molecule has 1 aromatic carbocycles. The van der Waals surface area contributed by atoms with E-state index in [-0.39, 0.29) is 18.9 Å². The topological polar surface area (TPSA) is 62.2 Å². The maximum atomic E-state index is 12.1. The Morgan fingerprint density at radius 2 is 2.14 bits per heavy atom. The van der Waals surface area contributed by atoms with Gasteiger partial charge in [0.15, 0.2) is 0 Å². The molecule has 0 saturated heterocycles. The van der Waals surface area contributed by atoms with E-state index in [0.717, 1.165) is 29.3 Å². The van der Waals surface area contributed by atoms with Crippen LogP contribution in [-0.2, 0) is 11.2 Å². The molecule has 0 saturated carbocycles. The van der Waals surface area contributed by atoms with Gasteiger partial charge in [-0.2, -0.15) is 0 Å². The summed E-state index contributed by atoms with van der Waals surface area (Å²) in [5.41, 5.74) is 1.26. The molecular weight excluding hydrogens is 264 g/mol. The molecule has 0 radical (unpaired) electrons. The van der Waals surface area contributed by atoms with E-state index >= 15 is 0 Å². The second kappa shape index (κ2) is 6.68. The van der Waals surface area contributed by atoms with Crippen LogP contribution in [0.3, 0.4) is 0 Å². The van der Waals surface area contributed by atoms with Crippen molar-refractivity contribution in [3.8, 4) is 0 Å². The van der Waals surface area contributed by atoms with E-state index in [1.165, 1.54) is 0 Å². The largest absolute Gasteiger partial charge is 0.394 e. The first kappa shape index (κ1) is 15.4. The normalized spacial score (nSPS) is 13.9. The molecule has 0 aliphatic rings. The van der Waals surface area contributed by atoms with Gasteiger partial charge >= 0.3 is 0 Å². The highest BCUT2D eigenvalue weighted by atomic mass is 16.3. The van der Waals surface area contributed by atoms with Gasteiger partial charge in [0.25, 0.3) is 0 Å². The molecule has 0 fully saturated rings. The number of aliphatic hydroxyl groups excluding tert-OH is 1. The van der Waals surface area contributed by atoms with Crippen molar-refractivity contribution < 1.29 is 9.90 Å². The van der Waals surface area contributed by atoms with Gasteiger partial charge in [-0.1, -0.05) is 31.5 Å². The van der Waals surface area contributed by atoms with Gasteiger partial charge in [-0.25, -0.2) is 0 Å². The van der Waals surface area contributed by atoms with Gasteiger partial charge in [-0.05, 0) is 31.0 Å². The predicted octanol–water partition coefficient (Wildman–Crippen LogP) is 2.44. The number of aliphatic hydroxyl groups is 1. The smallest absolute Gasteiger partial charge is 0.224 e. The number of fused-ring (bicyclic) bond motifs is 1. The van der Waals surface area contributed by atoms with Gasteiger partial charge in [0, 0.05) is 11.6 Å². The van der Waals surface area contributed by atoms with E-state index in [4.69, 9.17) is 0 Å². The lowest BCUT2D eigenvalue weighted by Crippen LogP contribution is -2.49.